The van der Waals surface area contributed by atoms with Gasteiger partial charge in [-0.25, -0.2) is 13.4 Å². The van der Waals surface area contributed by atoms with Crippen molar-refractivity contribution in [3.05, 3.63) is 66.2 Å². The van der Waals surface area contributed by atoms with Gasteiger partial charge in [0.1, 0.15) is 11.9 Å². The van der Waals surface area contributed by atoms with Crippen LogP contribution in [-0.4, -0.2) is 48.7 Å². The number of nitrogens with zero attached hydrogens (tertiary/aromatic N) is 2. The quantitative estimate of drug-likeness (QED) is 0.484. The first-order valence-corrected chi connectivity index (χ1v) is 12.7. The van der Waals surface area contributed by atoms with Gasteiger partial charge in [0.05, 0.1) is 10.4 Å². The standard InChI is InChI=1S/C25H30N4O4S/c1-5-29(6-2)34(32,33)20-12-9-11-19(16-20)24(30)28-23(17(3)4)25(31)27-22-15-14-18-10-7-8-13-21(18)26-22/h7-17,23H,5-6H2,1-4H3,(H,28,30)(H,26,27,31). The van der Waals surface area contributed by atoms with Crippen LogP contribution >= 0.6 is 0 Å². The number of fused-ring (bicyclic) bond motifs is 1. The van der Waals surface area contributed by atoms with Gasteiger partial charge in [0.15, 0.2) is 0 Å². The summed E-state index contributed by atoms with van der Waals surface area (Å²) in [5, 5.41) is 6.46. The number of amides is 2. The van der Waals surface area contributed by atoms with Crippen molar-refractivity contribution in [1.29, 1.82) is 0 Å². The molecule has 9 heteroatoms. The molecular weight excluding hydrogens is 452 g/mol. The average Bonchev–Trinajstić information content (AvgIpc) is 2.82. The van der Waals surface area contributed by atoms with Crippen LogP contribution in [0.1, 0.15) is 38.1 Å². The summed E-state index contributed by atoms with van der Waals surface area (Å²) in [4.78, 5) is 30.4. The van der Waals surface area contributed by atoms with Crippen LogP contribution in [0, 0.1) is 5.92 Å². The van der Waals surface area contributed by atoms with Crippen molar-refractivity contribution < 1.29 is 18.0 Å². The maximum absolute atomic E-state index is 13.0. The van der Waals surface area contributed by atoms with E-state index in [2.05, 4.69) is 15.6 Å². The lowest BCUT2D eigenvalue weighted by molar-refractivity contribution is -0.118. The Bertz CT molecular complexity index is 1290. The number of para-hydroxylation sites is 1. The minimum absolute atomic E-state index is 0.0368. The van der Waals surface area contributed by atoms with E-state index in [4.69, 9.17) is 0 Å². The lowest BCUT2D eigenvalue weighted by Gasteiger charge is -2.22. The number of anilines is 1. The number of sulfonamides is 1. The molecule has 1 aromatic heterocycles. The van der Waals surface area contributed by atoms with Crippen molar-refractivity contribution in [2.75, 3.05) is 18.4 Å². The van der Waals surface area contributed by atoms with Gasteiger partial charge < -0.3 is 10.6 Å². The molecule has 0 spiro atoms. The van der Waals surface area contributed by atoms with Crippen LogP contribution in [0.15, 0.2) is 65.6 Å². The molecule has 0 saturated carbocycles. The van der Waals surface area contributed by atoms with E-state index in [-0.39, 0.29) is 16.4 Å². The molecule has 0 bridgehead atoms. The number of carbonyl (C=O) groups excluding carboxylic acids is 2. The lowest BCUT2D eigenvalue weighted by Crippen LogP contribution is -2.47. The molecule has 0 aliphatic heterocycles. The Morgan fingerprint density at radius 2 is 1.68 bits per heavy atom. The Morgan fingerprint density at radius 1 is 0.971 bits per heavy atom. The lowest BCUT2D eigenvalue weighted by atomic mass is 10.0. The van der Waals surface area contributed by atoms with Crippen molar-refractivity contribution in [1.82, 2.24) is 14.6 Å². The molecular formula is C25H30N4O4S. The zero-order valence-electron chi connectivity index (χ0n) is 19.8. The molecule has 1 unspecified atom stereocenters. The third-order valence-corrected chi connectivity index (χ3v) is 7.57. The van der Waals surface area contributed by atoms with Crippen LogP contribution < -0.4 is 10.6 Å². The van der Waals surface area contributed by atoms with Gasteiger partial charge >= 0.3 is 0 Å². The molecule has 1 heterocycles. The maximum Gasteiger partial charge on any atom is 0.251 e. The molecule has 3 rings (SSSR count). The van der Waals surface area contributed by atoms with Crippen LogP contribution in [-0.2, 0) is 14.8 Å². The molecule has 2 aromatic carbocycles. The third kappa shape index (κ3) is 5.60. The summed E-state index contributed by atoms with van der Waals surface area (Å²) < 4.78 is 27.0. The predicted octanol–water partition coefficient (Wildman–Crippen LogP) is 3.66. The van der Waals surface area contributed by atoms with Crippen molar-refractivity contribution in [2.45, 2.75) is 38.6 Å². The van der Waals surface area contributed by atoms with Crippen molar-refractivity contribution in [3.63, 3.8) is 0 Å². The summed E-state index contributed by atoms with van der Waals surface area (Å²) in [6, 6.07) is 16.1. The van der Waals surface area contributed by atoms with Gasteiger partial charge in [0.25, 0.3) is 5.91 Å². The number of nitrogens with one attached hydrogen (secondary N) is 2. The molecule has 8 nitrogen and oxygen atoms in total. The number of benzene rings is 2. The zero-order valence-corrected chi connectivity index (χ0v) is 20.6. The Morgan fingerprint density at radius 3 is 2.35 bits per heavy atom. The van der Waals surface area contributed by atoms with E-state index in [1.165, 1.54) is 28.6 Å². The zero-order chi connectivity index (χ0) is 24.9. The molecule has 2 N–H and O–H groups in total. The molecule has 0 aliphatic carbocycles. The molecule has 180 valence electrons. The number of hydrogen-bond acceptors (Lipinski definition) is 5. The Labute approximate surface area is 200 Å². The minimum atomic E-state index is -3.71. The first-order chi connectivity index (χ1) is 16.2. The highest BCUT2D eigenvalue weighted by molar-refractivity contribution is 7.89. The van der Waals surface area contributed by atoms with Crippen LogP contribution in [0.3, 0.4) is 0 Å². The smallest absolute Gasteiger partial charge is 0.251 e. The summed E-state index contributed by atoms with van der Waals surface area (Å²) >= 11 is 0. The fourth-order valence-electron chi connectivity index (χ4n) is 3.61. The second kappa shape index (κ2) is 10.8. The van der Waals surface area contributed by atoms with Crippen LogP contribution in [0.2, 0.25) is 0 Å². The van der Waals surface area contributed by atoms with Crippen LogP contribution in [0.4, 0.5) is 5.82 Å². The van der Waals surface area contributed by atoms with E-state index in [0.717, 1.165) is 10.9 Å². The third-order valence-electron chi connectivity index (χ3n) is 5.52. The molecule has 34 heavy (non-hydrogen) atoms. The van der Waals surface area contributed by atoms with Gasteiger partial charge in [-0.15, -0.1) is 0 Å². The number of rotatable bonds is 9. The largest absolute Gasteiger partial charge is 0.340 e. The van der Waals surface area contributed by atoms with Crippen molar-refractivity contribution >= 4 is 38.6 Å². The van der Waals surface area contributed by atoms with Gasteiger partial charge in [0, 0.05) is 24.0 Å². The number of aromatic nitrogens is 1. The number of hydrogen-bond donors (Lipinski definition) is 2. The molecule has 1 atom stereocenters. The first-order valence-electron chi connectivity index (χ1n) is 11.2. The summed E-state index contributed by atoms with van der Waals surface area (Å²) in [5.41, 5.74) is 0.909. The second-order valence-corrected chi connectivity index (χ2v) is 10.1. The summed E-state index contributed by atoms with van der Waals surface area (Å²) in [7, 11) is -3.71. The van der Waals surface area contributed by atoms with Gasteiger partial charge in [0.2, 0.25) is 15.9 Å². The fraction of sp³-hybridized carbons (Fsp3) is 0.320. The van der Waals surface area contributed by atoms with E-state index < -0.39 is 27.9 Å². The average molecular weight is 483 g/mol. The van der Waals surface area contributed by atoms with Crippen LogP contribution in [0.25, 0.3) is 10.9 Å². The van der Waals surface area contributed by atoms with E-state index in [1.54, 1.807) is 19.9 Å². The van der Waals surface area contributed by atoms with E-state index in [0.29, 0.717) is 18.9 Å². The fourth-order valence-corrected chi connectivity index (χ4v) is 5.11. The summed E-state index contributed by atoms with van der Waals surface area (Å²) in [5.74, 6) is -0.766. The second-order valence-electron chi connectivity index (χ2n) is 8.19. The molecule has 0 radical (unpaired) electrons. The Balaban J connectivity index is 1.78. The first kappa shape index (κ1) is 25.3. The highest BCUT2D eigenvalue weighted by atomic mass is 32.2. The molecule has 3 aromatic rings. The normalized spacial score (nSPS) is 12.6. The SMILES string of the molecule is CCN(CC)S(=O)(=O)c1cccc(C(=O)NC(C(=O)Nc2ccc3ccccc3n2)C(C)C)c1. The monoisotopic (exact) mass is 482 g/mol. The highest BCUT2D eigenvalue weighted by Crippen LogP contribution is 2.18. The molecule has 0 aliphatic rings. The van der Waals surface area contributed by atoms with Gasteiger partial charge in [-0.2, -0.15) is 4.31 Å². The summed E-state index contributed by atoms with van der Waals surface area (Å²) in [6.45, 7) is 7.81. The van der Waals surface area contributed by atoms with Gasteiger partial charge in [-0.1, -0.05) is 52.0 Å². The predicted molar refractivity (Wildman–Crippen MR) is 133 cm³/mol. The van der Waals surface area contributed by atoms with E-state index >= 15 is 0 Å². The van der Waals surface area contributed by atoms with Gasteiger partial charge in [-0.3, -0.25) is 9.59 Å². The Kier molecular flexibility index (Phi) is 8.01. The maximum atomic E-state index is 13.0. The number of pyridine rings is 1. The van der Waals surface area contributed by atoms with Crippen LogP contribution in [0.5, 0.6) is 0 Å². The molecule has 0 fully saturated rings. The van der Waals surface area contributed by atoms with E-state index in [9.17, 15) is 18.0 Å². The molecule has 0 saturated heterocycles. The topological polar surface area (TPSA) is 108 Å². The van der Waals surface area contributed by atoms with Gasteiger partial charge in [-0.05, 0) is 42.3 Å². The summed E-state index contributed by atoms with van der Waals surface area (Å²) in [6.07, 6.45) is 0. The van der Waals surface area contributed by atoms with Crippen molar-refractivity contribution in [3.8, 4) is 0 Å². The highest BCUT2D eigenvalue weighted by Gasteiger charge is 2.27. The Hall–Kier alpha value is -3.30. The minimum Gasteiger partial charge on any atom is -0.340 e. The molecule has 2 amide bonds. The van der Waals surface area contributed by atoms with E-state index in [1.807, 2.05) is 44.2 Å². The van der Waals surface area contributed by atoms with Crippen molar-refractivity contribution in [2.24, 2.45) is 5.92 Å². The number of carbonyl (C=O) groups is 2.